The maximum absolute atomic E-state index is 11.6. The number of carbonyl (C=O) groups is 1. The first kappa shape index (κ1) is 15.3. The van der Waals surface area contributed by atoms with Gasteiger partial charge in [0.25, 0.3) is 0 Å². The maximum atomic E-state index is 11.6. The third-order valence-corrected chi connectivity index (χ3v) is 4.57. The Hall–Kier alpha value is -0.780. The molecule has 0 aliphatic heterocycles. The Kier molecular flexibility index (Phi) is 7.08. The summed E-state index contributed by atoms with van der Waals surface area (Å²) in [5.74, 6) is 0.582. The predicted octanol–water partition coefficient (Wildman–Crippen LogP) is 2.64. The third-order valence-electron chi connectivity index (χ3n) is 2.07. The van der Waals surface area contributed by atoms with E-state index in [1.54, 1.807) is 11.3 Å². The Bertz CT molecular complexity index is 435. The minimum absolute atomic E-state index is 0.0262. The van der Waals surface area contributed by atoms with Crippen LogP contribution in [0.5, 0.6) is 0 Å². The van der Waals surface area contributed by atoms with Gasteiger partial charge in [-0.2, -0.15) is 0 Å². The summed E-state index contributed by atoms with van der Waals surface area (Å²) in [5, 5.41) is 2.02. The molecule has 3 nitrogen and oxygen atoms in total. The first-order valence-electron chi connectivity index (χ1n) is 5.78. The van der Waals surface area contributed by atoms with E-state index in [1.165, 1.54) is 6.92 Å². The van der Waals surface area contributed by atoms with Gasteiger partial charge in [-0.1, -0.05) is 12.2 Å². The number of ketones is 1. The zero-order valence-corrected chi connectivity index (χ0v) is 12.3. The van der Waals surface area contributed by atoms with Crippen LogP contribution in [0.4, 0.5) is 0 Å². The standard InChI is InChI=1S/C13H18O3S2/c1-3-16-6-4-5-12-7-13(17-8-12)10-18(15)9-11(2)14/h4-5,7-8H,3,6,9-10H2,1-2H3/b5-4+. The molecule has 0 bridgehead atoms. The van der Waals surface area contributed by atoms with Crippen LogP contribution in [0.15, 0.2) is 17.5 Å². The molecule has 0 N–H and O–H groups in total. The molecule has 5 heteroatoms. The van der Waals surface area contributed by atoms with Gasteiger partial charge in [0.2, 0.25) is 0 Å². The fourth-order valence-electron chi connectivity index (χ4n) is 1.37. The first-order valence-corrected chi connectivity index (χ1v) is 8.14. The van der Waals surface area contributed by atoms with Crippen LogP contribution in [0, 0.1) is 0 Å². The highest BCUT2D eigenvalue weighted by Gasteiger charge is 2.06. The summed E-state index contributed by atoms with van der Waals surface area (Å²) in [5.41, 5.74) is 1.09. The summed E-state index contributed by atoms with van der Waals surface area (Å²) >= 11 is 1.57. The lowest BCUT2D eigenvalue weighted by atomic mass is 10.3. The number of thiophene rings is 1. The first-order chi connectivity index (χ1) is 8.61. The summed E-state index contributed by atoms with van der Waals surface area (Å²) in [7, 11) is -1.08. The van der Waals surface area contributed by atoms with Crippen LogP contribution in [-0.4, -0.2) is 29.0 Å². The van der Waals surface area contributed by atoms with E-state index in [9.17, 15) is 9.00 Å². The molecule has 0 aromatic carbocycles. The van der Waals surface area contributed by atoms with Crippen molar-refractivity contribution in [1.29, 1.82) is 0 Å². The van der Waals surface area contributed by atoms with Gasteiger partial charge < -0.3 is 4.74 Å². The summed E-state index contributed by atoms with van der Waals surface area (Å²) in [6.07, 6.45) is 3.95. The van der Waals surface area contributed by atoms with Crippen LogP contribution in [0.1, 0.15) is 24.3 Å². The van der Waals surface area contributed by atoms with E-state index >= 15 is 0 Å². The van der Waals surface area contributed by atoms with Crippen LogP contribution >= 0.6 is 11.3 Å². The molecule has 0 amide bonds. The molecule has 0 spiro atoms. The number of hydrogen-bond acceptors (Lipinski definition) is 4. The van der Waals surface area contributed by atoms with Gasteiger partial charge in [0.1, 0.15) is 5.78 Å². The van der Waals surface area contributed by atoms with E-state index in [-0.39, 0.29) is 11.5 Å². The van der Waals surface area contributed by atoms with Gasteiger partial charge in [-0.15, -0.1) is 11.3 Å². The monoisotopic (exact) mass is 286 g/mol. The Morgan fingerprint density at radius 3 is 3.00 bits per heavy atom. The molecular weight excluding hydrogens is 268 g/mol. The molecule has 0 fully saturated rings. The summed E-state index contributed by atoms with van der Waals surface area (Å²) in [6, 6.07) is 2.01. The van der Waals surface area contributed by atoms with E-state index in [1.807, 2.05) is 30.5 Å². The predicted molar refractivity (Wildman–Crippen MR) is 77.2 cm³/mol. The van der Waals surface area contributed by atoms with Gasteiger partial charge >= 0.3 is 0 Å². The van der Waals surface area contributed by atoms with Crippen molar-refractivity contribution in [2.75, 3.05) is 19.0 Å². The second kappa shape index (κ2) is 8.34. The van der Waals surface area contributed by atoms with Gasteiger partial charge in [0, 0.05) is 22.3 Å². The fraction of sp³-hybridized carbons (Fsp3) is 0.462. The zero-order chi connectivity index (χ0) is 13.4. The van der Waals surface area contributed by atoms with Crippen molar-refractivity contribution in [1.82, 2.24) is 0 Å². The normalized spacial score (nSPS) is 13.0. The van der Waals surface area contributed by atoms with Crippen LogP contribution < -0.4 is 0 Å². The third kappa shape index (κ3) is 6.23. The average molecular weight is 286 g/mol. The highest BCUT2D eigenvalue weighted by molar-refractivity contribution is 7.85. The van der Waals surface area contributed by atoms with E-state index in [0.29, 0.717) is 19.0 Å². The Morgan fingerprint density at radius 2 is 2.33 bits per heavy atom. The van der Waals surface area contributed by atoms with Crippen molar-refractivity contribution >= 4 is 34.0 Å². The van der Waals surface area contributed by atoms with Crippen LogP contribution in [-0.2, 0) is 26.1 Å². The minimum atomic E-state index is -1.08. The Labute approximate surface area is 114 Å². The maximum Gasteiger partial charge on any atom is 0.142 e. The van der Waals surface area contributed by atoms with Crippen molar-refractivity contribution in [3.8, 4) is 0 Å². The lowest BCUT2D eigenvalue weighted by molar-refractivity contribution is -0.114. The molecule has 1 atom stereocenters. The largest absolute Gasteiger partial charge is 0.378 e. The molecular formula is C13H18O3S2. The molecule has 0 saturated heterocycles. The lowest BCUT2D eigenvalue weighted by Crippen LogP contribution is -2.07. The SMILES string of the molecule is CCOC/C=C/c1csc(CS(=O)CC(C)=O)c1. The average Bonchev–Trinajstić information content (AvgIpc) is 2.71. The molecule has 0 radical (unpaired) electrons. The fourth-order valence-corrected chi connectivity index (χ4v) is 3.63. The molecule has 1 rings (SSSR count). The van der Waals surface area contributed by atoms with Crippen LogP contribution in [0.3, 0.4) is 0 Å². The van der Waals surface area contributed by atoms with Crippen LogP contribution in [0.2, 0.25) is 0 Å². The Balaban J connectivity index is 2.45. The van der Waals surface area contributed by atoms with E-state index in [2.05, 4.69) is 0 Å². The second-order valence-corrected chi connectivity index (χ2v) is 6.29. The summed E-state index contributed by atoms with van der Waals surface area (Å²) < 4.78 is 16.8. The molecule has 0 saturated carbocycles. The van der Waals surface area contributed by atoms with E-state index in [4.69, 9.17) is 4.74 Å². The zero-order valence-electron chi connectivity index (χ0n) is 10.7. The Morgan fingerprint density at radius 1 is 1.56 bits per heavy atom. The van der Waals surface area contributed by atoms with Gasteiger partial charge in [0.05, 0.1) is 18.1 Å². The second-order valence-electron chi connectivity index (χ2n) is 3.84. The summed E-state index contributed by atoms with van der Waals surface area (Å²) in [4.78, 5) is 11.9. The van der Waals surface area contributed by atoms with Gasteiger partial charge in [-0.05, 0) is 30.9 Å². The molecule has 0 aliphatic carbocycles. The number of Topliss-reactive ketones (excluding diaryl/α,β-unsaturated/α-hetero) is 1. The summed E-state index contributed by atoms with van der Waals surface area (Å²) in [6.45, 7) is 4.75. The van der Waals surface area contributed by atoms with Gasteiger partial charge in [-0.3, -0.25) is 9.00 Å². The molecule has 1 unspecified atom stereocenters. The molecule has 1 aromatic rings. The number of ether oxygens (including phenoxy) is 1. The highest BCUT2D eigenvalue weighted by Crippen LogP contribution is 2.17. The van der Waals surface area contributed by atoms with Crippen molar-refractivity contribution in [3.05, 3.63) is 28.0 Å². The van der Waals surface area contributed by atoms with Crippen molar-refractivity contribution in [3.63, 3.8) is 0 Å². The molecule has 1 aromatic heterocycles. The minimum Gasteiger partial charge on any atom is -0.378 e. The quantitative estimate of drug-likeness (QED) is 0.690. The van der Waals surface area contributed by atoms with Gasteiger partial charge in [0.15, 0.2) is 0 Å². The number of rotatable bonds is 8. The van der Waals surface area contributed by atoms with Crippen molar-refractivity contribution < 1.29 is 13.7 Å². The highest BCUT2D eigenvalue weighted by atomic mass is 32.2. The number of carbonyl (C=O) groups excluding carboxylic acids is 1. The van der Waals surface area contributed by atoms with Crippen molar-refractivity contribution in [2.45, 2.75) is 19.6 Å². The molecule has 18 heavy (non-hydrogen) atoms. The number of hydrogen-bond donors (Lipinski definition) is 0. The lowest BCUT2D eigenvalue weighted by Gasteiger charge is -1.95. The van der Waals surface area contributed by atoms with Crippen LogP contribution in [0.25, 0.3) is 6.08 Å². The molecule has 100 valence electrons. The van der Waals surface area contributed by atoms with Gasteiger partial charge in [-0.25, -0.2) is 0 Å². The van der Waals surface area contributed by atoms with Crippen molar-refractivity contribution in [2.24, 2.45) is 0 Å². The van der Waals surface area contributed by atoms with E-state index < -0.39 is 10.8 Å². The van der Waals surface area contributed by atoms with E-state index in [0.717, 1.165) is 10.4 Å². The molecule has 1 heterocycles. The topological polar surface area (TPSA) is 43.4 Å². The smallest absolute Gasteiger partial charge is 0.142 e. The molecule has 0 aliphatic rings.